The number of benzene rings is 3. The van der Waals surface area contributed by atoms with E-state index in [4.69, 9.17) is 0 Å². The van der Waals surface area contributed by atoms with E-state index < -0.39 is 12.2 Å². The molecule has 3 aromatic carbocycles. The van der Waals surface area contributed by atoms with Gasteiger partial charge in [0.2, 0.25) is 0 Å². The van der Waals surface area contributed by atoms with Gasteiger partial charge in [0, 0.05) is 24.0 Å². The second kappa shape index (κ2) is 15.0. The highest BCUT2D eigenvalue weighted by molar-refractivity contribution is 7.98. The summed E-state index contributed by atoms with van der Waals surface area (Å²) in [6.45, 7) is 3.59. The first-order valence-electron chi connectivity index (χ1n) is 11.8. The molecule has 0 saturated carbocycles. The summed E-state index contributed by atoms with van der Waals surface area (Å²) in [6.07, 6.45) is 2.16. The maximum Gasteiger partial charge on any atom is 0.0944 e. The second-order valence-corrected chi connectivity index (χ2v) is 9.65. The van der Waals surface area contributed by atoms with E-state index >= 15 is 0 Å². The summed E-state index contributed by atoms with van der Waals surface area (Å²) >= 11 is 1.72. The van der Waals surface area contributed by atoms with Crippen LogP contribution in [-0.4, -0.2) is 60.0 Å². The molecule has 0 bridgehead atoms. The van der Waals surface area contributed by atoms with Crippen molar-refractivity contribution >= 4 is 11.8 Å². The molecule has 3 aromatic rings. The van der Waals surface area contributed by atoms with Gasteiger partial charge in [0.05, 0.1) is 12.2 Å². The van der Waals surface area contributed by atoms with Crippen molar-refractivity contribution in [1.29, 1.82) is 0 Å². The average Bonchev–Trinajstić information content (AvgIpc) is 2.85. The third-order valence-corrected chi connectivity index (χ3v) is 6.61. The maximum absolute atomic E-state index is 10.3. The van der Waals surface area contributed by atoms with E-state index in [2.05, 4.69) is 47.2 Å². The largest absolute Gasteiger partial charge is 0.387 e. The van der Waals surface area contributed by atoms with Crippen molar-refractivity contribution < 1.29 is 10.2 Å². The molecule has 0 saturated heterocycles. The fourth-order valence-electron chi connectivity index (χ4n) is 3.93. The molecule has 0 radical (unpaired) electrons. The predicted molar refractivity (Wildman–Crippen MR) is 145 cm³/mol. The van der Waals surface area contributed by atoms with Crippen LogP contribution in [0.15, 0.2) is 89.8 Å². The van der Waals surface area contributed by atoms with Crippen LogP contribution in [-0.2, 0) is 6.54 Å². The van der Waals surface area contributed by atoms with Crippen molar-refractivity contribution in [2.75, 3.05) is 33.9 Å². The number of nitrogens with zero attached hydrogens (tertiary/aromatic N) is 2. The van der Waals surface area contributed by atoms with Gasteiger partial charge in [-0.3, -0.25) is 4.90 Å². The zero-order valence-corrected chi connectivity index (χ0v) is 21.9. The Kier molecular flexibility index (Phi) is 12.4. The SMILES string of the molecule is CC[C@@H]([C@@H](O)c1ccc(SC)cc1)N(C)C.CN(Cc1ccccc1)C[C@@H](O)c1ccccc1. The van der Waals surface area contributed by atoms with Crippen molar-refractivity contribution in [3.63, 3.8) is 0 Å². The molecule has 4 nitrogen and oxygen atoms in total. The van der Waals surface area contributed by atoms with Gasteiger partial charge in [-0.05, 0) is 62.6 Å². The Morgan fingerprint density at radius 3 is 1.82 bits per heavy atom. The molecule has 0 heterocycles. The first-order valence-corrected chi connectivity index (χ1v) is 13.0. The highest BCUT2D eigenvalue weighted by Crippen LogP contribution is 2.24. The van der Waals surface area contributed by atoms with Gasteiger partial charge in [-0.1, -0.05) is 79.7 Å². The predicted octanol–water partition coefficient (Wildman–Crippen LogP) is 5.63. The van der Waals surface area contributed by atoms with E-state index in [9.17, 15) is 10.2 Å². The van der Waals surface area contributed by atoms with Gasteiger partial charge in [-0.2, -0.15) is 0 Å². The van der Waals surface area contributed by atoms with Crippen molar-refractivity contribution in [3.8, 4) is 0 Å². The first-order chi connectivity index (χ1) is 16.3. The number of hydrogen-bond acceptors (Lipinski definition) is 5. The molecule has 0 aromatic heterocycles. The lowest BCUT2D eigenvalue weighted by atomic mass is 10.00. The highest BCUT2D eigenvalue weighted by atomic mass is 32.2. The molecule has 34 heavy (non-hydrogen) atoms. The molecular formula is C29H40N2O2S. The van der Waals surface area contributed by atoms with Crippen molar-refractivity contribution in [3.05, 3.63) is 102 Å². The maximum atomic E-state index is 10.3. The van der Waals surface area contributed by atoms with Crippen LogP contribution < -0.4 is 0 Å². The molecule has 0 unspecified atom stereocenters. The number of aliphatic hydroxyl groups excluding tert-OH is 2. The lowest BCUT2D eigenvalue weighted by molar-refractivity contribution is 0.0734. The zero-order valence-electron chi connectivity index (χ0n) is 21.1. The lowest BCUT2D eigenvalue weighted by Gasteiger charge is -2.28. The minimum atomic E-state index is -0.431. The smallest absolute Gasteiger partial charge is 0.0944 e. The third-order valence-electron chi connectivity index (χ3n) is 5.87. The highest BCUT2D eigenvalue weighted by Gasteiger charge is 2.20. The summed E-state index contributed by atoms with van der Waals surface area (Å²) in [5.74, 6) is 0. The van der Waals surface area contributed by atoms with Gasteiger partial charge in [0.25, 0.3) is 0 Å². The van der Waals surface area contributed by atoms with Crippen LogP contribution in [0.3, 0.4) is 0 Å². The molecule has 0 spiro atoms. The van der Waals surface area contributed by atoms with Gasteiger partial charge in [-0.15, -0.1) is 11.8 Å². The Bertz CT molecular complexity index is 920. The molecule has 0 aliphatic carbocycles. The Hall–Kier alpha value is -2.15. The summed E-state index contributed by atoms with van der Waals surface area (Å²) in [7, 11) is 6.04. The Balaban J connectivity index is 0.000000242. The van der Waals surface area contributed by atoms with Crippen molar-refractivity contribution in [1.82, 2.24) is 9.80 Å². The van der Waals surface area contributed by atoms with Crippen LogP contribution in [0.1, 0.15) is 42.2 Å². The Labute approximate surface area is 210 Å². The fraction of sp³-hybridized carbons (Fsp3) is 0.379. The molecule has 5 heteroatoms. The van der Waals surface area contributed by atoms with E-state index in [1.807, 2.05) is 81.8 Å². The van der Waals surface area contributed by atoms with Gasteiger partial charge >= 0.3 is 0 Å². The van der Waals surface area contributed by atoms with E-state index in [0.717, 1.165) is 24.1 Å². The van der Waals surface area contributed by atoms with Gasteiger partial charge in [0.15, 0.2) is 0 Å². The van der Waals surface area contributed by atoms with Crippen LogP contribution in [0, 0.1) is 0 Å². The molecule has 3 atom stereocenters. The van der Waals surface area contributed by atoms with Crippen LogP contribution >= 0.6 is 11.8 Å². The molecular weight excluding hydrogens is 440 g/mol. The normalized spacial score (nSPS) is 13.8. The number of aliphatic hydroxyl groups is 2. The topological polar surface area (TPSA) is 46.9 Å². The van der Waals surface area contributed by atoms with Gasteiger partial charge in [-0.25, -0.2) is 0 Å². The van der Waals surface area contributed by atoms with Crippen LogP contribution in [0.4, 0.5) is 0 Å². The molecule has 0 amide bonds. The number of rotatable bonds is 10. The Morgan fingerprint density at radius 1 is 0.765 bits per heavy atom. The standard InChI is InChI=1S/C16H19NO.C13H21NOS/c1-17(12-14-8-4-2-5-9-14)13-16(18)15-10-6-3-7-11-15;1-5-12(14(2)3)13(15)10-6-8-11(16-4)9-7-10/h2-11,16,18H,12-13H2,1H3;6-9,12-13,15H,5H2,1-4H3/t16-;12-,13-/m10/s1. The minimum Gasteiger partial charge on any atom is -0.387 e. The van der Waals surface area contributed by atoms with Crippen LogP contribution in [0.5, 0.6) is 0 Å². The molecule has 0 fully saturated rings. The molecule has 3 rings (SSSR count). The minimum absolute atomic E-state index is 0.181. The van der Waals surface area contributed by atoms with Gasteiger partial charge in [0.1, 0.15) is 0 Å². The van der Waals surface area contributed by atoms with Gasteiger partial charge < -0.3 is 15.1 Å². The number of likely N-dealkylation sites (N-methyl/N-ethyl adjacent to an activating group) is 2. The molecule has 0 aliphatic heterocycles. The van der Waals surface area contributed by atoms with Crippen LogP contribution in [0.2, 0.25) is 0 Å². The van der Waals surface area contributed by atoms with E-state index in [-0.39, 0.29) is 6.04 Å². The fourth-order valence-corrected chi connectivity index (χ4v) is 4.34. The monoisotopic (exact) mass is 480 g/mol. The van der Waals surface area contributed by atoms with E-state index in [1.165, 1.54) is 10.5 Å². The number of thioether (sulfide) groups is 1. The van der Waals surface area contributed by atoms with Crippen molar-refractivity contribution in [2.45, 2.75) is 43.0 Å². The first kappa shape index (κ1) is 28.1. The Morgan fingerprint density at radius 2 is 1.32 bits per heavy atom. The van der Waals surface area contributed by atoms with E-state index in [0.29, 0.717) is 6.54 Å². The summed E-state index contributed by atoms with van der Waals surface area (Å²) in [5, 5.41) is 20.4. The molecule has 0 aliphatic rings. The quantitative estimate of drug-likeness (QED) is 0.368. The molecule has 184 valence electrons. The van der Waals surface area contributed by atoms with Crippen molar-refractivity contribution in [2.24, 2.45) is 0 Å². The summed E-state index contributed by atoms with van der Waals surface area (Å²) in [5.41, 5.74) is 3.23. The zero-order chi connectivity index (χ0) is 24.9. The number of hydrogen-bond donors (Lipinski definition) is 2. The van der Waals surface area contributed by atoms with Crippen LogP contribution in [0.25, 0.3) is 0 Å². The lowest BCUT2D eigenvalue weighted by Crippen LogP contribution is -2.33. The summed E-state index contributed by atoms with van der Waals surface area (Å²) in [6, 6.07) is 28.4. The summed E-state index contributed by atoms with van der Waals surface area (Å²) < 4.78 is 0. The second-order valence-electron chi connectivity index (χ2n) is 8.77. The summed E-state index contributed by atoms with van der Waals surface area (Å²) in [4.78, 5) is 5.44. The average molecular weight is 481 g/mol. The van der Waals surface area contributed by atoms with E-state index in [1.54, 1.807) is 11.8 Å². The molecule has 2 N–H and O–H groups in total. The third kappa shape index (κ3) is 9.24.